The van der Waals surface area contributed by atoms with Crippen LogP contribution >= 0.6 is 0 Å². The van der Waals surface area contributed by atoms with E-state index in [9.17, 15) is 9.18 Å². The largest absolute Gasteiger partial charge is 0.486 e. The quantitative estimate of drug-likeness (QED) is 0.197. The van der Waals surface area contributed by atoms with Crippen molar-refractivity contribution in [3.63, 3.8) is 0 Å². The molecule has 202 valence electrons. The van der Waals surface area contributed by atoms with Crippen LogP contribution in [0.5, 0.6) is 11.5 Å². The van der Waals surface area contributed by atoms with Crippen molar-refractivity contribution in [3.8, 4) is 11.5 Å². The number of hydrogen-bond acceptors (Lipinski definition) is 5. The number of hydrogen-bond donors (Lipinski definition) is 0. The maximum Gasteiger partial charge on any atom is 0.344 e. The number of fused-ring (bicyclic) bond motifs is 2. The number of halogens is 1. The fraction of sp³-hybridized carbons (Fsp3) is 0.303. The standard InChI is InChI=1S/C33H34FNO4/c1-3-37-33(36)22-38-28-19-25(34)18-26(20-28)35-21-27(39-32-17-7-6-16-31(32)35)13-8-10-23(2)29-15-9-12-24-11-4-5-14-30(24)29/h4-7,9,11-12,14-20,23,27H,3,8,10,13,21-22H2,1-2H3/t23-,27?/m0/s1. The van der Waals surface area contributed by atoms with E-state index in [1.165, 1.54) is 28.5 Å². The van der Waals surface area contributed by atoms with Gasteiger partial charge < -0.3 is 19.1 Å². The van der Waals surface area contributed by atoms with Crippen molar-refractivity contribution in [1.82, 2.24) is 0 Å². The molecule has 0 aromatic heterocycles. The molecule has 0 spiro atoms. The summed E-state index contributed by atoms with van der Waals surface area (Å²) in [5.41, 5.74) is 2.90. The maximum atomic E-state index is 14.6. The molecular formula is C33H34FNO4. The summed E-state index contributed by atoms with van der Waals surface area (Å²) in [6.45, 7) is 4.60. The highest BCUT2D eigenvalue weighted by atomic mass is 19.1. The lowest BCUT2D eigenvalue weighted by molar-refractivity contribution is -0.145. The zero-order chi connectivity index (χ0) is 27.2. The molecule has 0 amide bonds. The SMILES string of the molecule is CCOC(=O)COc1cc(F)cc(N2CC(CCC[C@H](C)c3cccc4ccccc34)Oc3ccccc32)c1. The van der Waals surface area contributed by atoms with E-state index in [1.807, 2.05) is 24.3 Å². The van der Waals surface area contributed by atoms with Crippen LogP contribution in [0.25, 0.3) is 10.8 Å². The average Bonchev–Trinajstić information content (AvgIpc) is 2.95. The van der Waals surface area contributed by atoms with Gasteiger partial charge in [0, 0.05) is 17.8 Å². The third-order valence-electron chi connectivity index (χ3n) is 7.18. The number of rotatable bonds is 10. The minimum atomic E-state index is -0.488. The summed E-state index contributed by atoms with van der Waals surface area (Å²) < 4.78 is 31.5. The second-order valence-corrected chi connectivity index (χ2v) is 9.96. The Hall–Kier alpha value is -4.06. The van der Waals surface area contributed by atoms with Crippen LogP contribution in [0.4, 0.5) is 15.8 Å². The van der Waals surface area contributed by atoms with E-state index >= 15 is 0 Å². The highest BCUT2D eigenvalue weighted by Crippen LogP contribution is 2.40. The fourth-order valence-electron chi connectivity index (χ4n) is 5.31. The van der Waals surface area contributed by atoms with Crippen molar-refractivity contribution in [2.45, 2.75) is 45.1 Å². The molecule has 5 rings (SSSR count). The summed E-state index contributed by atoms with van der Waals surface area (Å²) in [5, 5.41) is 2.58. The molecule has 1 aliphatic heterocycles. The third kappa shape index (κ3) is 6.33. The molecule has 1 aliphatic rings. The molecule has 5 nitrogen and oxygen atoms in total. The summed E-state index contributed by atoms with van der Waals surface area (Å²) in [4.78, 5) is 13.8. The van der Waals surface area contributed by atoms with Gasteiger partial charge in [-0.1, -0.05) is 61.5 Å². The van der Waals surface area contributed by atoms with E-state index < -0.39 is 11.8 Å². The highest BCUT2D eigenvalue weighted by Gasteiger charge is 2.27. The highest BCUT2D eigenvalue weighted by molar-refractivity contribution is 5.86. The van der Waals surface area contributed by atoms with Crippen LogP contribution in [-0.2, 0) is 9.53 Å². The van der Waals surface area contributed by atoms with Crippen molar-refractivity contribution in [3.05, 3.63) is 96.3 Å². The Bertz CT molecular complexity index is 1430. The van der Waals surface area contributed by atoms with Crippen molar-refractivity contribution in [1.29, 1.82) is 0 Å². The molecule has 1 unspecified atom stereocenters. The summed E-state index contributed by atoms with van der Waals surface area (Å²) >= 11 is 0. The van der Waals surface area contributed by atoms with Gasteiger partial charge in [-0.15, -0.1) is 0 Å². The molecule has 6 heteroatoms. The van der Waals surface area contributed by atoms with Crippen LogP contribution in [0.1, 0.15) is 44.6 Å². The molecule has 0 fully saturated rings. The molecule has 0 saturated carbocycles. The molecule has 0 aliphatic carbocycles. The monoisotopic (exact) mass is 527 g/mol. The van der Waals surface area contributed by atoms with Crippen LogP contribution in [-0.4, -0.2) is 31.8 Å². The minimum absolute atomic E-state index is 0.0493. The van der Waals surface area contributed by atoms with Crippen molar-refractivity contribution < 1.29 is 23.4 Å². The molecular weight excluding hydrogens is 493 g/mol. The van der Waals surface area contributed by atoms with Gasteiger partial charge in [0.2, 0.25) is 0 Å². The first-order valence-electron chi connectivity index (χ1n) is 13.6. The number of esters is 1. The lowest BCUT2D eigenvalue weighted by atomic mass is 9.90. The van der Waals surface area contributed by atoms with E-state index in [1.54, 1.807) is 13.0 Å². The molecule has 0 N–H and O–H groups in total. The molecule has 1 heterocycles. The Morgan fingerprint density at radius 1 is 1.05 bits per heavy atom. The lowest BCUT2D eigenvalue weighted by Gasteiger charge is -2.36. The third-order valence-corrected chi connectivity index (χ3v) is 7.18. The second kappa shape index (κ2) is 12.2. The second-order valence-electron chi connectivity index (χ2n) is 9.96. The van der Waals surface area contributed by atoms with Gasteiger partial charge in [-0.2, -0.15) is 0 Å². The number of carbonyl (C=O) groups excluding carboxylic acids is 1. The van der Waals surface area contributed by atoms with Gasteiger partial charge in [0.25, 0.3) is 0 Å². The fourth-order valence-corrected chi connectivity index (χ4v) is 5.31. The van der Waals surface area contributed by atoms with Crippen LogP contribution in [0, 0.1) is 5.82 Å². The molecule has 0 radical (unpaired) electrons. The van der Waals surface area contributed by atoms with Gasteiger partial charge >= 0.3 is 5.97 Å². The molecule has 0 saturated heterocycles. The van der Waals surface area contributed by atoms with Gasteiger partial charge in [0.15, 0.2) is 6.61 Å². The van der Waals surface area contributed by atoms with Gasteiger partial charge in [-0.3, -0.25) is 0 Å². The first kappa shape index (κ1) is 26.5. The van der Waals surface area contributed by atoms with E-state index in [0.29, 0.717) is 18.2 Å². The molecule has 39 heavy (non-hydrogen) atoms. The van der Waals surface area contributed by atoms with E-state index in [-0.39, 0.29) is 25.1 Å². The number of ether oxygens (including phenoxy) is 3. The Morgan fingerprint density at radius 2 is 1.85 bits per heavy atom. The average molecular weight is 528 g/mol. The van der Waals surface area contributed by atoms with E-state index in [4.69, 9.17) is 14.2 Å². The van der Waals surface area contributed by atoms with Gasteiger partial charge in [-0.05, 0) is 66.6 Å². The smallest absolute Gasteiger partial charge is 0.344 e. The predicted octanol–water partition coefficient (Wildman–Crippen LogP) is 7.79. The summed E-state index contributed by atoms with van der Waals surface area (Å²) in [7, 11) is 0. The lowest BCUT2D eigenvalue weighted by Crippen LogP contribution is -2.37. The van der Waals surface area contributed by atoms with E-state index in [2.05, 4.69) is 54.3 Å². The molecule has 0 bridgehead atoms. The molecule has 4 aromatic rings. The van der Waals surface area contributed by atoms with Gasteiger partial charge in [0.1, 0.15) is 23.4 Å². The summed E-state index contributed by atoms with van der Waals surface area (Å²) in [6.07, 6.45) is 2.87. The molecule has 4 aromatic carbocycles. The number of nitrogens with zero attached hydrogens (tertiary/aromatic N) is 1. The van der Waals surface area contributed by atoms with Gasteiger partial charge in [-0.25, -0.2) is 9.18 Å². The number of anilines is 2. The van der Waals surface area contributed by atoms with Crippen molar-refractivity contribution in [2.24, 2.45) is 0 Å². The normalized spacial score (nSPS) is 15.4. The van der Waals surface area contributed by atoms with Crippen molar-refractivity contribution in [2.75, 3.05) is 24.7 Å². The minimum Gasteiger partial charge on any atom is -0.486 e. The number of carbonyl (C=O) groups is 1. The maximum absolute atomic E-state index is 14.6. The first-order valence-corrected chi connectivity index (χ1v) is 13.6. The van der Waals surface area contributed by atoms with Crippen molar-refractivity contribution >= 4 is 28.1 Å². The number of para-hydroxylation sites is 2. The van der Waals surface area contributed by atoms with Crippen LogP contribution in [0.2, 0.25) is 0 Å². The van der Waals surface area contributed by atoms with Gasteiger partial charge in [0.05, 0.1) is 18.8 Å². The Balaban J connectivity index is 1.29. The summed E-state index contributed by atoms with van der Waals surface area (Å²) in [5.74, 6) is 0.551. The zero-order valence-electron chi connectivity index (χ0n) is 22.4. The van der Waals surface area contributed by atoms with Crippen LogP contribution < -0.4 is 14.4 Å². The Morgan fingerprint density at radius 3 is 2.72 bits per heavy atom. The van der Waals surface area contributed by atoms with Crippen LogP contribution in [0.15, 0.2) is 84.9 Å². The Labute approximate surface area is 229 Å². The zero-order valence-corrected chi connectivity index (χ0v) is 22.4. The topological polar surface area (TPSA) is 48.0 Å². The Kier molecular flexibility index (Phi) is 8.30. The van der Waals surface area contributed by atoms with Crippen LogP contribution in [0.3, 0.4) is 0 Å². The number of benzene rings is 4. The summed E-state index contributed by atoms with van der Waals surface area (Å²) in [6, 6.07) is 27.4. The first-order chi connectivity index (χ1) is 19.0. The molecule has 2 atom stereocenters. The van der Waals surface area contributed by atoms with E-state index in [0.717, 1.165) is 30.7 Å². The predicted molar refractivity (Wildman–Crippen MR) is 153 cm³/mol.